The van der Waals surface area contributed by atoms with Crippen LogP contribution in [-0.4, -0.2) is 31.0 Å². The molecular weight excluding hydrogens is 453 g/mol. The van der Waals surface area contributed by atoms with Gasteiger partial charge in [-0.3, -0.25) is 14.7 Å². The van der Waals surface area contributed by atoms with Gasteiger partial charge in [-0.15, -0.1) is 0 Å². The van der Waals surface area contributed by atoms with Gasteiger partial charge < -0.3 is 11.5 Å². The number of nitrogens with zero attached hydrogens (tertiary/aromatic N) is 7. The minimum Gasteiger partial charge on any atom is -0.382 e. The third-order valence-electron chi connectivity index (χ3n) is 4.64. The lowest BCUT2D eigenvalue weighted by Gasteiger charge is -2.25. The maximum absolute atomic E-state index is 13.6. The van der Waals surface area contributed by atoms with Crippen molar-refractivity contribution in [1.29, 1.82) is 5.26 Å². The summed E-state index contributed by atoms with van der Waals surface area (Å²) in [5.41, 5.74) is 11.9. The molecule has 12 heteroatoms. The van der Waals surface area contributed by atoms with Crippen molar-refractivity contribution in [3.63, 3.8) is 0 Å². The van der Waals surface area contributed by atoms with Gasteiger partial charge in [0.1, 0.15) is 17.5 Å². The fraction of sp³-hybridized carbons (Fsp3) is 0.100. The number of nitrogen functional groups attached to an aromatic ring is 2. The van der Waals surface area contributed by atoms with Gasteiger partial charge in [0.05, 0.1) is 32.8 Å². The first-order valence-electron chi connectivity index (χ1n) is 9.28. The predicted molar refractivity (Wildman–Crippen MR) is 123 cm³/mol. The SMILES string of the molecule is CCN(c1nc(N)nc(N)c1C#N)c1nc2cccc(Cl)c2c(=O)n1-c1cncc(Cl)c1. The van der Waals surface area contributed by atoms with E-state index < -0.39 is 5.56 Å². The molecule has 32 heavy (non-hydrogen) atoms. The van der Waals surface area contributed by atoms with E-state index in [-0.39, 0.29) is 46.0 Å². The number of fused-ring (bicyclic) bond motifs is 1. The van der Waals surface area contributed by atoms with Crippen LogP contribution in [0.25, 0.3) is 16.6 Å². The molecule has 0 bridgehead atoms. The third kappa shape index (κ3) is 3.53. The van der Waals surface area contributed by atoms with Crippen molar-refractivity contribution in [3.8, 4) is 11.8 Å². The number of hydrogen-bond donors (Lipinski definition) is 2. The van der Waals surface area contributed by atoms with Gasteiger partial charge in [-0.1, -0.05) is 29.3 Å². The van der Waals surface area contributed by atoms with Crippen molar-refractivity contribution in [3.05, 3.63) is 62.6 Å². The fourth-order valence-electron chi connectivity index (χ4n) is 3.29. The molecule has 0 aliphatic carbocycles. The zero-order valence-corrected chi connectivity index (χ0v) is 18.1. The monoisotopic (exact) mass is 467 g/mol. The molecule has 0 amide bonds. The van der Waals surface area contributed by atoms with Crippen molar-refractivity contribution >= 4 is 57.6 Å². The molecule has 0 radical (unpaired) electrons. The molecule has 4 N–H and O–H groups in total. The van der Waals surface area contributed by atoms with Crippen molar-refractivity contribution in [2.75, 3.05) is 22.9 Å². The maximum Gasteiger partial charge on any atom is 0.268 e. The van der Waals surface area contributed by atoms with Crippen molar-refractivity contribution in [2.24, 2.45) is 0 Å². The van der Waals surface area contributed by atoms with Crippen LogP contribution in [0.3, 0.4) is 0 Å². The Morgan fingerprint density at radius 3 is 2.66 bits per heavy atom. The molecule has 160 valence electrons. The molecule has 0 aliphatic heterocycles. The van der Waals surface area contributed by atoms with Crippen LogP contribution in [0.1, 0.15) is 12.5 Å². The summed E-state index contributed by atoms with van der Waals surface area (Å²) in [6.45, 7) is 2.06. The Morgan fingerprint density at radius 2 is 1.97 bits per heavy atom. The zero-order valence-electron chi connectivity index (χ0n) is 16.6. The van der Waals surface area contributed by atoms with Gasteiger partial charge in [0.2, 0.25) is 11.9 Å². The van der Waals surface area contributed by atoms with Crippen LogP contribution in [0, 0.1) is 11.3 Å². The van der Waals surface area contributed by atoms with Gasteiger partial charge in [0, 0.05) is 12.7 Å². The molecule has 4 rings (SSSR count). The fourth-order valence-corrected chi connectivity index (χ4v) is 3.71. The largest absolute Gasteiger partial charge is 0.382 e. The number of halogens is 2. The number of nitrogens with two attached hydrogens (primary N) is 2. The minimum atomic E-state index is -0.452. The highest BCUT2D eigenvalue weighted by Gasteiger charge is 2.25. The smallest absolute Gasteiger partial charge is 0.268 e. The first kappa shape index (κ1) is 21.3. The lowest BCUT2D eigenvalue weighted by Crippen LogP contribution is -2.31. The predicted octanol–water partition coefficient (Wildman–Crippen LogP) is 3.07. The Hall–Kier alpha value is -3.94. The Labute approximate surface area is 191 Å². The molecule has 0 unspecified atom stereocenters. The van der Waals surface area contributed by atoms with Crippen LogP contribution in [0.2, 0.25) is 10.0 Å². The van der Waals surface area contributed by atoms with Crippen LogP contribution in [-0.2, 0) is 0 Å². The van der Waals surface area contributed by atoms with E-state index in [0.717, 1.165) is 0 Å². The summed E-state index contributed by atoms with van der Waals surface area (Å²) >= 11 is 12.5. The average Bonchev–Trinajstić information content (AvgIpc) is 2.74. The maximum atomic E-state index is 13.6. The van der Waals surface area contributed by atoms with Crippen LogP contribution in [0.4, 0.5) is 23.5 Å². The highest BCUT2D eigenvalue weighted by molar-refractivity contribution is 6.35. The summed E-state index contributed by atoms with van der Waals surface area (Å²) in [6, 6.07) is 8.50. The Bertz CT molecular complexity index is 1460. The molecule has 10 nitrogen and oxygen atoms in total. The van der Waals surface area contributed by atoms with E-state index >= 15 is 0 Å². The number of rotatable bonds is 4. The lowest BCUT2D eigenvalue weighted by atomic mass is 10.2. The second-order valence-corrected chi connectivity index (χ2v) is 7.41. The standard InChI is InChI=1S/C20H15Cl2N9O/c1-2-30(17-12(7-23)16(24)28-19(25)29-17)20-27-14-5-3-4-13(22)15(14)18(32)31(20)11-6-10(21)8-26-9-11/h3-6,8-9H,2H2,1H3,(H4,24,25,28,29). The van der Waals surface area contributed by atoms with Crippen LogP contribution < -0.4 is 21.9 Å². The summed E-state index contributed by atoms with van der Waals surface area (Å²) in [7, 11) is 0. The third-order valence-corrected chi connectivity index (χ3v) is 5.16. The van der Waals surface area contributed by atoms with Crippen LogP contribution >= 0.6 is 23.2 Å². The van der Waals surface area contributed by atoms with E-state index in [1.807, 2.05) is 6.07 Å². The molecule has 0 aliphatic rings. The van der Waals surface area contributed by atoms with Gasteiger partial charge in [-0.05, 0) is 25.1 Å². The number of anilines is 4. The van der Waals surface area contributed by atoms with Gasteiger partial charge in [-0.2, -0.15) is 15.2 Å². The average molecular weight is 468 g/mol. The Morgan fingerprint density at radius 1 is 1.19 bits per heavy atom. The van der Waals surface area contributed by atoms with Gasteiger partial charge in [-0.25, -0.2) is 9.55 Å². The topological polar surface area (TPSA) is 153 Å². The molecule has 0 saturated carbocycles. The highest BCUT2D eigenvalue weighted by atomic mass is 35.5. The number of pyridine rings is 1. The first-order valence-corrected chi connectivity index (χ1v) is 10.0. The van der Waals surface area contributed by atoms with Gasteiger partial charge in [0.15, 0.2) is 5.82 Å². The molecule has 0 saturated heterocycles. The molecule has 0 fully saturated rings. The number of benzene rings is 1. The van der Waals surface area contributed by atoms with Crippen LogP contribution in [0.5, 0.6) is 0 Å². The zero-order chi connectivity index (χ0) is 23.0. The first-order chi connectivity index (χ1) is 15.3. The molecule has 3 aromatic heterocycles. The van der Waals surface area contributed by atoms with Crippen molar-refractivity contribution in [1.82, 2.24) is 24.5 Å². The number of aromatic nitrogens is 5. The molecular formula is C20H15Cl2N9O. The molecule has 0 atom stereocenters. The highest BCUT2D eigenvalue weighted by Crippen LogP contribution is 2.31. The second-order valence-electron chi connectivity index (χ2n) is 6.57. The quantitative estimate of drug-likeness (QED) is 0.460. The lowest BCUT2D eigenvalue weighted by molar-refractivity contribution is 0.856. The summed E-state index contributed by atoms with van der Waals surface area (Å²) < 4.78 is 1.30. The van der Waals surface area contributed by atoms with Crippen molar-refractivity contribution in [2.45, 2.75) is 6.92 Å². The van der Waals surface area contributed by atoms with Gasteiger partial charge in [0.25, 0.3) is 5.56 Å². The summed E-state index contributed by atoms with van der Waals surface area (Å²) in [5.74, 6) is 0.0371. The Kier molecular flexibility index (Phi) is 5.52. The Balaban J connectivity index is 2.14. The molecule has 3 heterocycles. The normalized spacial score (nSPS) is 10.8. The van der Waals surface area contributed by atoms with Crippen LogP contribution in [0.15, 0.2) is 41.5 Å². The van der Waals surface area contributed by atoms with E-state index in [1.54, 1.807) is 31.2 Å². The van der Waals surface area contributed by atoms with Gasteiger partial charge >= 0.3 is 0 Å². The molecule has 4 aromatic rings. The molecule has 0 spiro atoms. The molecule has 1 aromatic carbocycles. The van der Waals surface area contributed by atoms with Crippen molar-refractivity contribution < 1.29 is 0 Å². The van der Waals surface area contributed by atoms with E-state index in [4.69, 9.17) is 34.7 Å². The van der Waals surface area contributed by atoms with E-state index in [0.29, 0.717) is 16.2 Å². The van der Waals surface area contributed by atoms with E-state index in [1.165, 1.54) is 21.9 Å². The minimum absolute atomic E-state index is 0.00254. The number of nitriles is 1. The summed E-state index contributed by atoms with van der Waals surface area (Å²) in [6.07, 6.45) is 2.90. The number of hydrogen-bond acceptors (Lipinski definition) is 9. The summed E-state index contributed by atoms with van der Waals surface area (Å²) in [4.78, 5) is 31.9. The second kappa shape index (κ2) is 8.30. The van der Waals surface area contributed by atoms with E-state index in [2.05, 4.69) is 19.9 Å². The summed E-state index contributed by atoms with van der Waals surface area (Å²) in [5, 5.41) is 10.4. The van der Waals surface area contributed by atoms with E-state index in [9.17, 15) is 10.1 Å².